The van der Waals surface area contributed by atoms with Crippen LogP contribution in [-0.2, 0) is 4.74 Å². The molecule has 0 saturated carbocycles. The second kappa shape index (κ2) is 8.41. The van der Waals surface area contributed by atoms with Crippen molar-refractivity contribution in [3.8, 4) is 28.3 Å². The number of aromatic amines is 1. The minimum atomic E-state index is -0.598. The molecular weight excluding hydrogens is 346 g/mol. The average Bonchev–Trinajstić information content (AvgIpc) is 3.19. The van der Waals surface area contributed by atoms with Gasteiger partial charge in [-0.3, -0.25) is 4.79 Å². The summed E-state index contributed by atoms with van der Waals surface area (Å²) in [5.74, 6) is 0.158. The van der Waals surface area contributed by atoms with Gasteiger partial charge in [-0.1, -0.05) is 30.3 Å². The molecule has 0 unspecified atom stereocenters. The van der Waals surface area contributed by atoms with Crippen LogP contribution < -0.4 is 10.5 Å². The highest BCUT2D eigenvalue weighted by atomic mass is 16.5. The summed E-state index contributed by atoms with van der Waals surface area (Å²) in [6, 6.07) is 13.1. The Hall–Kier alpha value is -3.26. The number of benzene rings is 2. The number of hydrogen-bond acceptors (Lipinski definition) is 6. The molecule has 0 fully saturated rings. The van der Waals surface area contributed by atoms with Gasteiger partial charge in [0.2, 0.25) is 5.82 Å². The summed E-state index contributed by atoms with van der Waals surface area (Å²) in [6.07, 6.45) is 0.102. The van der Waals surface area contributed by atoms with Crippen molar-refractivity contribution in [2.45, 2.75) is 20.0 Å². The molecule has 3 N–H and O–H groups in total. The molecule has 0 aliphatic heterocycles. The van der Waals surface area contributed by atoms with E-state index in [1.807, 2.05) is 44.2 Å². The van der Waals surface area contributed by atoms with E-state index in [4.69, 9.17) is 15.2 Å². The predicted octanol–water partition coefficient (Wildman–Crippen LogP) is 2.44. The number of amides is 1. The normalized spacial score (nSPS) is 10.9. The number of H-pyrrole nitrogens is 1. The first-order valence-electron chi connectivity index (χ1n) is 8.57. The third-order valence-electron chi connectivity index (χ3n) is 3.85. The van der Waals surface area contributed by atoms with Crippen LogP contribution >= 0.6 is 0 Å². The van der Waals surface area contributed by atoms with E-state index >= 15 is 0 Å². The molecule has 1 heterocycles. The zero-order valence-electron chi connectivity index (χ0n) is 15.2. The van der Waals surface area contributed by atoms with Crippen LogP contribution in [0, 0.1) is 0 Å². The van der Waals surface area contributed by atoms with E-state index in [1.165, 1.54) is 0 Å². The molecule has 0 saturated heterocycles. The van der Waals surface area contributed by atoms with E-state index in [0.717, 1.165) is 11.1 Å². The molecular formula is C19H21N5O3. The number of nitrogens with one attached hydrogen (secondary N) is 1. The lowest BCUT2D eigenvalue weighted by Gasteiger charge is -2.15. The first-order valence-corrected chi connectivity index (χ1v) is 8.57. The first kappa shape index (κ1) is 18.5. The van der Waals surface area contributed by atoms with Crippen LogP contribution in [0.4, 0.5) is 0 Å². The monoisotopic (exact) mass is 367 g/mol. The Morgan fingerprint density at radius 2 is 1.93 bits per heavy atom. The fourth-order valence-electron chi connectivity index (χ4n) is 2.64. The predicted molar refractivity (Wildman–Crippen MR) is 100 cm³/mol. The van der Waals surface area contributed by atoms with Gasteiger partial charge in [-0.05, 0) is 42.3 Å². The maximum atomic E-state index is 12.0. The Balaban J connectivity index is 2.04. The number of hydrogen-bond donors (Lipinski definition) is 2. The molecule has 8 heteroatoms. The van der Waals surface area contributed by atoms with E-state index in [9.17, 15) is 4.79 Å². The molecule has 0 aliphatic carbocycles. The molecule has 3 aromatic rings. The maximum Gasteiger partial charge on any atom is 0.252 e. The zero-order chi connectivity index (χ0) is 19.2. The highest BCUT2D eigenvalue weighted by Crippen LogP contribution is 2.35. The van der Waals surface area contributed by atoms with E-state index in [1.54, 1.807) is 12.1 Å². The first-order chi connectivity index (χ1) is 13.1. The quantitative estimate of drug-likeness (QED) is 0.591. The Labute approximate surface area is 156 Å². The highest BCUT2D eigenvalue weighted by molar-refractivity contribution is 5.99. The lowest BCUT2D eigenvalue weighted by Crippen LogP contribution is -2.16. The van der Waals surface area contributed by atoms with Gasteiger partial charge >= 0.3 is 0 Å². The summed E-state index contributed by atoms with van der Waals surface area (Å²) in [5.41, 5.74) is 8.18. The third-order valence-corrected chi connectivity index (χ3v) is 3.85. The smallest absolute Gasteiger partial charge is 0.252 e. The average molecular weight is 367 g/mol. The molecule has 3 rings (SSSR count). The van der Waals surface area contributed by atoms with Gasteiger partial charge in [-0.15, -0.1) is 10.2 Å². The van der Waals surface area contributed by atoms with Gasteiger partial charge in [-0.2, -0.15) is 5.21 Å². The van der Waals surface area contributed by atoms with Crippen LogP contribution in [0.5, 0.6) is 5.75 Å². The molecule has 140 valence electrons. The molecule has 1 aromatic heterocycles. The van der Waals surface area contributed by atoms with Crippen LogP contribution in [0.3, 0.4) is 0 Å². The molecule has 2 aromatic carbocycles. The van der Waals surface area contributed by atoms with Crippen molar-refractivity contribution in [2.24, 2.45) is 5.73 Å². The Morgan fingerprint density at radius 3 is 2.56 bits per heavy atom. The Bertz CT molecular complexity index is 895. The van der Waals surface area contributed by atoms with Crippen molar-refractivity contribution in [3.05, 3.63) is 48.0 Å². The second-order valence-corrected chi connectivity index (χ2v) is 6.13. The molecule has 0 spiro atoms. The molecule has 0 radical (unpaired) electrons. The van der Waals surface area contributed by atoms with Crippen molar-refractivity contribution in [1.82, 2.24) is 20.6 Å². The lowest BCUT2D eigenvalue weighted by atomic mass is 9.96. The SMILES string of the molecule is CC(C)OCCOc1cc(-c2ccccc2)c(-c2nn[nH]n2)cc1C(N)=O. The van der Waals surface area contributed by atoms with Gasteiger partial charge in [0, 0.05) is 5.56 Å². The van der Waals surface area contributed by atoms with Crippen molar-refractivity contribution in [3.63, 3.8) is 0 Å². The van der Waals surface area contributed by atoms with Crippen molar-refractivity contribution < 1.29 is 14.3 Å². The summed E-state index contributed by atoms with van der Waals surface area (Å²) < 4.78 is 11.3. The van der Waals surface area contributed by atoms with Gasteiger partial charge < -0.3 is 15.2 Å². The topological polar surface area (TPSA) is 116 Å². The minimum Gasteiger partial charge on any atom is -0.490 e. The number of nitrogens with zero attached hydrogens (tertiary/aromatic N) is 3. The maximum absolute atomic E-state index is 12.0. The van der Waals surface area contributed by atoms with Crippen LogP contribution in [0.2, 0.25) is 0 Å². The standard InChI is InChI=1S/C19H21N5O3/c1-12(2)26-8-9-27-17-11-14(13-6-4-3-5-7-13)15(10-16(17)18(20)25)19-21-23-24-22-19/h3-7,10-12H,8-9H2,1-2H3,(H2,20,25)(H,21,22,23,24). The number of carbonyl (C=O) groups excluding carboxylic acids is 1. The fourth-order valence-corrected chi connectivity index (χ4v) is 2.64. The number of carbonyl (C=O) groups is 1. The third kappa shape index (κ3) is 4.48. The number of tetrazole rings is 1. The molecule has 1 amide bonds. The van der Waals surface area contributed by atoms with Crippen LogP contribution in [0.15, 0.2) is 42.5 Å². The van der Waals surface area contributed by atoms with Crippen LogP contribution in [0.1, 0.15) is 24.2 Å². The molecule has 0 atom stereocenters. The van der Waals surface area contributed by atoms with Gasteiger partial charge in [0.25, 0.3) is 5.91 Å². The minimum absolute atomic E-state index is 0.102. The van der Waals surface area contributed by atoms with Crippen molar-refractivity contribution in [1.29, 1.82) is 0 Å². The number of aromatic nitrogens is 4. The Kier molecular flexibility index (Phi) is 5.77. The number of ether oxygens (including phenoxy) is 2. The van der Waals surface area contributed by atoms with E-state index < -0.39 is 5.91 Å². The number of rotatable bonds is 8. The van der Waals surface area contributed by atoms with Gasteiger partial charge in [-0.25, -0.2) is 0 Å². The fraction of sp³-hybridized carbons (Fsp3) is 0.263. The largest absolute Gasteiger partial charge is 0.490 e. The summed E-state index contributed by atoms with van der Waals surface area (Å²) in [7, 11) is 0. The molecule has 8 nitrogen and oxygen atoms in total. The van der Waals surface area contributed by atoms with Crippen LogP contribution in [0.25, 0.3) is 22.5 Å². The summed E-state index contributed by atoms with van der Waals surface area (Å²) in [5, 5.41) is 14.1. The summed E-state index contributed by atoms with van der Waals surface area (Å²) >= 11 is 0. The van der Waals surface area contributed by atoms with E-state index in [0.29, 0.717) is 30.4 Å². The lowest BCUT2D eigenvalue weighted by molar-refractivity contribution is 0.0549. The number of nitrogens with two attached hydrogens (primary N) is 1. The summed E-state index contributed by atoms with van der Waals surface area (Å²) in [4.78, 5) is 12.0. The van der Waals surface area contributed by atoms with Crippen LogP contribution in [-0.4, -0.2) is 45.8 Å². The van der Waals surface area contributed by atoms with Gasteiger partial charge in [0.15, 0.2) is 0 Å². The molecule has 0 bridgehead atoms. The second-order valence-electron chi connectivity index (χ2n) is 6.13. The molecule has 27 heavy (non-hydrogen) atoms. The zero-order valence-corrected chi connectivity index (χ0v) is 15.2. The molecule has 0 aliphatic rings. The van der Waals surface area contributed by atoms with Crippen molar-refractivity contribution >= 4 is 5.91 Å². The van der Waals surface area contributed by atoms with E-state index in [2.05, 4.69) is 20.6 Å². The van der Waals surface area contributed by atoms with Gasteiger partial charge in [0.1, 0.15) is 12.4 Å². The highest BCUT2D eigenvalue weighted by Gasteiger charge is 2.19. The number of primary amides is 1. The summed E-state index contributed by atoms with van der Waals surface area (Å²) in [6.45, 7) is 4.60. The van der Waals surface area contributed by atoms with Crippen molar-refractivity contribution in [2.75, 3.05) is 13.2 Å². The Morgan fingerprint density at radius 1 is 1.15 bits per heavy atom. The van der Waals surface area contributed by atoms with Gasteiger partial charge in [0.05, 0.1) is 18.3 Å². The van der Waals surface area contributed by atoms with E-state index in [-0.39, 0.29) is 11.7 Å².